The van der Waals surface area contributed by atoms with E-state index in [4.69, 9.17) is 5.11 Å². The summed E-state index contributed by atoms with van der Waals surface area (Å²) in [5, 5.41) is 8.72. The number of carbonyl (C=O) groups excluding carboxylic acids is 1. The molecule has 2 unspecified atom stereocenters. The maximum absolute atomic E-state index is 11.2. The number of nitrogens with zero attached hydrogens (tertiary/aromatic N) is 1. The molecule has 0 aromatic heterocycles. The largest absolute Gasteiger partial charge is 0.387 e. The number of hydrogen-bond acceptors (Lipinski definition) is 2. The van der Waals surface area contributed by atoms with E-state index in [1.165, 1.54) is 0 Å². The van der Waals surface area contributed by atoms with Gasteiger partial charge in [-0.15, -0.1) is 0 Å². The average Bonchev–Trinajstić information content (AvgIpc) is 2.17. The molecule has 13 heavy (non-hydrogen) atoms. The summed E-state index contributed by atoms with van der Waals surface area (Å²) >= 11 is 0. The van der Waals surface area contributed by atoms with Crippen LogP contribution in [0.25, 0.3) is 0 Å². The number of piperidine rings is 1. The third-order valence-electron chi connectivity index (χ3n) is 3.13. The van der Waals surface area contributed by atoms with Gasteiger partial charge in [0.2, 0.25) is 5.91 Å². The van der Waals surface area contributed by atoms with Gasteiger partial charge in [0, 0.05) is 13.1 Å². The van der Waals surface area contributed by atoms with Gasteiger partial charge in [-0.05, 0) is 18.3 Å². The second-order valence-corrected chi connectivity index (χ2v) is 3.93. The minimum Gasteiger partial charge on any atom is -0.387 e. The van der Waals surface area contributed by atoms with Crippen LogP contribution in [0.5, 0.6) is 0 Å². The molecule has 1 N–H and O–H groups in total. The number of amides is 1. The van der Waals surface area contributed by atoms with Gasteiger partial charge in [-0.3, -0.25) is 4.79 Å². The van der Waals surface area contributed by atoms with Crippen molar-refractivity contribution in [2.24, 2.45) is 11.8 Å². The molecule has 1 rings (SSSR count). The molecule has 1 saturated heterocycles. The number of hydrogen-bond donors (Lipinski definition) is 1. The van der Waals surface area contributed by atoms with Crippen LogP contribution in [-0.2, 0) is 4.79 Å². The summed E-state index contributed by atoms with van der Waals surface area (Å²) in [6.07, 6.45) is 2.20. The van der Waals surface area contributed by atoms with Gasteiger partial charge in [-0.2, -0.15) is 0 Å². The molecule has 1 fully saturated rings. The van der Waals surface area contributed by atoms with Crippen LogP contribution in [-0.4, -0.2) is 35.6 Å². The minimum atomic E-state index is -0.342. The Hall–Kier alpha value is -0.570. The van der Waals surface area contributed by atoms with E-state index in [-0.39, 0.29) is 12.5 Å². The van der Waals surface area contributed by atoms with Gasteiger partial charge in [-0.25, -0.2) is 0 Å². The van der Waals surface area contributed by atoms with Crippen molar-refractivity contribution in [1.82, 2.24) is 4.90 Å². The van der Waals surface area contributed by atoms with Crippen molar-refractivity contribution < 1.29 is 9.90 Å². The monoisotopic (exact) mass is 185 g/mol. The number of rotatable bonds is 2. The lowest BCUT2D eigenvalue weighted by atomic mass is 9.85. The van der Waals surface area contributed by atoms with Gasteiger partial charge in [0.1, 0.15) is 6.61 Å². The van der Waals surface area contributed by atoms with E-state index in [2.05, 4.69) is 13.8 Å². The third kappa shape index (κ3) is 2.44. The highest BCUT2D eigenvalue weighted by Crippen LogP contribution is 2.25. The maximum atomic E-state index is 11.2. The van der Waals surface area contributed by atoms with Gasteiger partial charge in [0.15, 0.2) is 0 Å². The lowest BCUT2D eigenvalue weighted by Crippen LogP contribution is -2.44. The Bertz CT molecular complexity index is 182. The van der Waals surface area contributed by atoms with Crippen LogP contribution >= 0.6 is 0 Å². The number of likely N-dealkylation sites (tertiary alicyclic amines) is 1. The second-order valence-electron chi connectivity index (χ2n) is 3.93. The normalized spacial score (nSPS) is 29.0. The molecule has 1 aliphatic heterocycles. The Morgan fingerprint density at radius 3 is 2.85 bits per heavy atom. The first-order valence-electron chi connectivity index (χ1n) is 5.07. The zero-order valence-corrected chi connectivity index (χ0v) is 8.49. The van der Waals surface area contributed by atoms with E-state index in [9.17, 15) is 4.79 Å². The molecule has 0 aromatic rings. The van der Waals surface area contributed by atoms with E-state index in [0.717, 1.165) is 25.9 Å². The summed E-state index contributed by atoms with van der Waals surface area (Å²) < 4.78 is 0. The summed E-state index contributed by atoms with van der Waals surface area (Å²) in [5.41, 5.74) is 0. The smallest absolute Gasteiger partial charge is 0.248 e. The van der Waals surface area contributed by atoms with Crippen molar-refractivity contribution in [2.45, 2.75) is 26.7 Å². The molecule has 0 saturated carbocycles. The van der Waals surface area contributed by atoms with Crippen molar-refractivity contribution in [1.29, 1.82) is 0 Å². The number of carbonyl (C=O) groups is 1. The Kier molecular flexibility index (Phi) is 3.72. The van der Waals surface area contributed by atoms with Crippen molar-refractivity contribution in [3.63, 3.8) is 0 Å². The standard InChI is InChI=1S/C10H19NO2/c1-3-9-6-11(10(13)7-12)5-4-8(9)2/h8-9,12H,3-7H2,1-2H3. The first-order valence-corrected chi connectivity index (χ1v) is 5.07. The molecule has 0 radical (unpaired) electrons. The molecule has 3 nitrogen and oxygen atoms in total. The van der Waals surface area contributed by atoms with Crippen molar-refractivity contribution in [3.05, 3.63) is 0 Å². The predicted molar refractivity (Wildman–Crippen MR) is 51.2 cm³/mol. The summed E-state index contributed by atoms with van der Waals surface area (Å²) in [6, 6.07) is 0. The van der Waals surface area contributed by atoms with Crippen LogP contribution in [0.3, 0.4) is 0 Å². The molecule has 0 spiro atoms. The molecule has 0 aromatic carbocycles. The van der Waals surface area contributed by atoms with Crippen LogP contribution < -0.4 is 0 Å². The van der Waals surface area contributed by atoms with Crippen LogP contribution in [0, 0.1) is 11.8 Å². The lowest BCUT2D eigenvalue weighted by Gasteiger charge is -2.36. The van der Waals surface area contributed by atoms with Crippen LogP contribution in [0.2, 0.25) is 0 Å². The zero-order valence-electron chi connectivity index (χ0n) is 8.49. The van der Waals surface area contributed by atoms with Crippen LogP contribution in [0.1, 0.15) is 26.7 Å². The average molecular weight is 185 g/mol. The second kappa shape index (κ2) is 4.61. The van der Waals surface area contributed by atoms with Gasteiger partial charge in [0.25, 0.3) is 0 Å². The van der Waals surface area contributed by atoms with Gasteiger partial charge in [-0.1, -0.05) is 20.3 Å². The maximum Gasteiger partial charge on any atom is 0.248 e. The quantitative estimate of drug-likeness (QED) is 0.693. The number of aliphatic hydroxyl groups excluding tert-OH is 1. The first-order chi connectivity index (χ1) is 6.19. The fraction of sp³-hybridized carbons (Fsp3) is 0.900. The highest BCUT2D eigenvalue weighted by molar-refractivity contribution is 5.77. The molecular formula is C10H19NO2. The van der Waals surface area contributed by atoms with E-state index in [0.29, 0.717) is 11.8 Å². The van der Waals surface area contributed by atoms with Gasteiger partial charge < -0.3 is 10.0 Å². The van der Waals surface area contributed by atoms with Crippen LogP contribution in [0.15, 0.2) is 0 Å². The summed E-state index contributed by atoms with van der Waals surface area (Å²) in [5.74, 6) is 1.21. The Labute approximate surface area is 79.7 Å². The third-order valence-corrected chi connectivity index (χ3v) is 3.13. The minimum absolute atomic E-state index is 0.120. The fourth-order valence-electron chi connectivity index (χ4n) is 2.01. The van der Waals surface area contributed by atoms with Crippen molar-refractivity contribution in [2.75, 3.05) is 19.7 Å². The SMILES string of the molecule is CCC1CN(C(=O)CO)CCC1C. The predicted octanol–water partition coefficient (Wildman–Crippen LogP) is 0.873. The molecule has 1 aliphatic rings. The molecule has 76 valence electrons. The lowest BCUT2D eigenvalue weighted by molar-refractivity contribution is -0.136. The Morgan fingerprint density at radius 1 is 1.62 bits per heavy atom. The fourth-order valence-corrected chi connectivity index (χ4v) is 2.01. The zero-order chi connectivity index (χ0) is 9.84. The van der Waals surface area contributed by atoms with Crippen LogP contribution in [0.4, 0.5) is 0 Å². The molecule has 0 aliphatic carbocycles. The first kappa shape index (κ1) is 10.5. The van der Waals surface area contributed by atoms with Crippen molar-refractivity contribution in [3.8, 4) is 0 Å². The molecule has 1 amide bonds. The molecule has 3 heteroatoms. The highest BCUT2D eigenvalue weighted by Gasteiger charge is 2.26. The van der Waals surface area contributed by atoms with E-state index in [1.807, 2.05) is 0 Å². The molecular weight excluding hydrogens is 166 g/mol. The summed E-state index contributed by atoms with van der Waals surface area (Å²) in [6.45, 7) is 5.71. The van der Waals surface area contributed by atoms with Gasteiger partial charge in [0.05, 0.1) is 0 Å². The Balaban J connectivity index is 2.49. The van der Waals surface area contributed by atoms with E-state index in [1.54, 1.807) is 4.90 Å². The van der Waals surface area contributed by atoms with Crippen molar-refractivity contribution >= 4 is 5.91 Å². The number of aliphatic hydroxyl groups is 1. The molecule has 2 atom stereocenters. The molecule has 1 heterocycles. The topological polar surface area (TPSA) is 40.5 Å². The Morgan fingerprint density at radius 2 is 2.31 bits per heavy atom. The molecule has 0 bridgehead atoms. The van der Waals surface area contributed by atoms with Gasteiger partial charge >= 0.3 is 0 Å². The summed E-state index contributed by atoms with van der Waals surface area (Å²) in [7, 11) is 0. The highest BCUT2D eigenvalue weighted by atomic mass is 16.3. The summed E-state index contributed by atoms with van der Waals surface area (Å²) in [4.78, 5) is 13.0. The van der Waals surface area contributed by atoms with E-state index < -0.39 is 0 Å². The van der Waals surface area contributed by atoms with E-state index >= 15 is 0 Å².